The van der Waals surface area contributed by atoms with Crippen LogP contribution in [0.3, 0.4) is 0 Å². The van der Waals surface area contributed by atoms with E-state index in [4.69, 9.17) is 19.9 Å². The van der Waals surface area contributed by atoms with Gasteiger partial charge in [-0.05, 0) is 47.0 Å². The van der Waals surface area contributed by atoms with E-state index in [1.165, 1.54) is 0 Å². The number of nitrogens with two attached hydrogens (primary N) is 1. The van der Waals surface area contributed by atoms with Gasteiger partial charge in [-0.2, -0.15) is 5.26 Å². The second-order valence-corrected chi connectivity index (χ2v) is 6.86. The van der Waals surface area contributed by atoms with Gasteiger partial charge in [0.15, 0.2) is 17.3 Å². The number of carbonyl (C=O) groups excluding carboxylic acids is 1. The fourth-order valence-electron chi connectivity index (χ4n) is 3.41. The van der Waals surface area contributed by atoms with Crippen molar-refractivity contribution in [3.05, 3.63) is 45.0 Å². The molecule has 2 N–H and O–H groups in total. The summed E-state index contributed by atoms with van der Waals surface area (Å²) < 4.78 is 17.3. The molecule has 1 atom stereocenters. The van der Waals surface area contributed by atoms with Crippen LogP contribution >= 0.6 is 15.9 Å². The molecule has 136 valence electrons. The van der Waals surface area contributed by atoms with E-state index >= 15 is 0 Å². The molecule has 7 heteroatoms. The Morgan fingerprint density at radius 1 is 1.42 bits per heavy atom. The van der Waals surface area contributed by atoms with E-state index in [-0.39, 0.29) is 17.2 Å². The highest BCUT2D eigenvalue weighted by molar-refractivity contribution is 9.10. The monoisotopic (exact) mass is 418 g/mol. The molecule has 1 aliphatic carbocycles. The SMILES string of the molecule is CCOc1cc([C@@H]2C(C#N)=C(N)OC3=C2C(=O)CCC3)cc(Br)c1OC. The number of ketones is 1. The Morgan fingerprint density at radius 3 is 2.85 bits per heavy atom. The van der Waals surface area contributed by atoms with Crippen LogP contribution in [-0.2, 0) is 9.53 Å². The van der Waals surface area contributed by atoms with Gasteiger partial charge in [-0.15, -0.1) is 0 Å². The van der Waals surface area contributed by atoms with E-state index in [2.05, 4.69) is 22.0 Å². The number of Topliss-reactive ketones (excluding diaryl/α,β-unsaturated/α-hetero) is 1. The van der Waals surface area contributed by atoms with Crippen LogP contribution in [0.25, 0.3) is 0 Å². The van der Waals surface area contributed by atoms with Gasteiger partial charge in [0, 0.05) is 18.4 Å². The molecular weight excluding hydrogens is 400 g/mol. The zero-order valence-electron chi connectivity index (χ0n) is 14.6. The third-order valence-corrected chi connectivity index (χ3v) is 5.06. The van der Waals surface area contributed by atoms with E-state index in [1.54, 1.807) is 13.2 Å². The van der Waals surface area contributed by atoms with Crippen molar-refractivity contribution in [2.45, 2.75) is 32.1 Å². The summed E-state index contributed by atoms with van der Waals surface area (Å²) in [5.41, 5.74) is 7.46. The van der Waals surface area contributed by atoms with Crippen molar-refractivity contribution < 1.29 is 19.0 Å². The van der Waals surface area contributed by atoms with Gasteiger partial charge in [-0.1, -0.05) is 0 Å². The van der Waals surface area contributed by atoms with Gasteiger partial charge >= 0.3 is 0 Å². The Morgan fingerprint density at radius 2 is 2.19 bits per heavy atom. The number of carbonyl (C=O) groups is 1. The van der Waals surface area contributed by atoms with Crippen molar-refractivity contribution in [3.63, 3.8) is 0 Å². The van der Waals surface area contributed by atoms with Crippen molar-refractivity contribution in [2.24, 2.45) is 5.73 Å². The smallest absolute Gasteiger partial charge is 0.205 e. The summed E-state index contributed by atoms with van der Waals surface area (Å²) in [5.74, 6) is 1.12. The zero-order valence-corrected chi connectivity index (χ0v) is 16.2. The summed E-state index contributed by atoms with van der Waals surface area (Å²) in [5, 5.41) is 9.64. The van der Waals surface area contributed by atoms with Crippen LogP contribution in [0.1, 0.15) is 37.7 Å². The average Bonchev–Trinajstić information content (AvgIpc) is 2.61. The number of ether oxygens (including phenoxy) is 3. The van der Waals surface area contributed by atoms with Crippen LogP contribution in [0.5, 0.6) is 11.5 Å². The minimum Gasteiger partial charge on any atom is -0.492 e. The number of allylic oxidation sites excluding steroid dienone is 3. The van der Waals surface area contributed by atoms with Crippen molar-refractivity contribution in [1.82, 2.24) is 0 Å². The number of nitrogens with zero attached hydrogens (tertiary/aromatic N) is 1. The van der Waals surface area contributed by atoms with Crippen LogP contribution in [0.4, 0.5) is 0 Å². The summed E-state index contributed by atoms with van der Waals surface area (Å²) >= 11 is 3.49. The number of methoxy groups -OCH3 is 1. The fourth-order valence-corrected chi connectivity index (χ4v) is 4.03. The molecule has 0 radical (unpaired) electrons. The molecule has 6 nitrogen and oxygen atoms in total. The molecule has 1 heterocycles. The molecule has 1 aromatic carbocycles. The van der Waals surface area contributed by atoms with Crippen LogP contribution in [0.2, 0.25) is 0 Å². The molecule has 1 aliphatic heterocycles. The first-order valence-corrected chi connectivity index (χ1v) is 9.15. The molecule has 3 rings (SSSR count). The summed E-state index contributed by atoms with van der Waals surface area (Å²) in [6, 6.07) is 5.73. The lowest BCUT2D eigenvalue weighted by atomic mass is 9.77. The Hall–Kier alpha value is -2.46. The van der Waals surface area contributed by atoms with Crippen LogP contribution in [-0.4, -0.2) is 19.5 Å². The highest BCUT2D eigenvalue weighted by atomic mass is 79.9. The molecule has 0 saturated carbocycles. The molecule has 0 unspecified atom stereocenters. The summed E-state index contributed by atoms with van der Waals surface area (Å²) in [6.45, 7) is 2.33. The van der Waals surface area contributed by atoms with E-state index in [9.17, 15) is 10.1 Å². The second-order valence-electron chi connectivity index (χ2n) is 6.01. The number of halogens is 1. The molecule has 0 saturated heterocycles. The van der Waals surface area contributed by atoms with Gasteiger partial charge in [0.25, 0.3) is 0 Å². The molecule has 0 aromatic heterocycles. The van der Waals surface area contributed by atoms with E-state index in [1.807, 2.05) is 13.0 Å². The lowest BCUT2D eigenvalue weighted by molar-refractivity contribution is -0.116. The van der Waals surface area contributed by atoms with Crippen molar-refractivity contribution in [3.8, 4) is 17.6 Å². The lowest BCUT2D eigenvalue weighted by Crippen LogP contribution is -2.27. The number of benzene rings is 1. The number of nitriles is 1. The van der Waals surface area contributed by atoms with Crippen LogP contribution in [0.15, 0.2) is 39.4 Å². The first kappa shape index (κ1) is 18.3. The first-order valence-electron chi connectivity index (χ1n) is 8.35. The summed E-state index contributed by atoms with van der Waals surface area (Å²) in [4.78, 5) is 12.6. The number of hydrogen-bond acceptors (Lipinski definition) is 6. The highest BCUT2D eigenvalue weighted by Gasteiger charge is 2.38. The maximum atomic E-state index is 12.6. The maximum Gasteiger partial charge on any atom is 0.205 e. The van der Waals surface area contributed by atoms with E-state index in [0.29, 0.717) is 46.8 Å². The molecule has 0 bridgehead atoms. The molecular formula is C19H19BrN2O4. The normalized spacial score (nSPS) is 19.6. The average molecular weight is 419 g/mol. The Labute approximate surface area is 160 Å². The van der Waals surface area contributed by atoms with Gasteiger partial charge in [0.1, 0.15) is 17.4 Å². The minimum atomic E-state index is -0.571. The highest BCUT2D eigenvalue weighted by Crippen LogP contribution is 2.46. The topological polar surface area (TPSA) is 94.6 Å². The molecule has 26 heavy (non-hydrogen) atoms. The molecule has 0 spiro atoms. The van der Waals surface area contributed by atoms with Crippen molar-refractivity contribution >= 4 is 21.7 Å². The molecule has 0 fully saturated rings. The van der Waals surface area contributed by atoms with Crippen molar-refractivity contribution in [2.75, 3.05) is 13.7 Å². The minimum absolute atomic E-state index is 0.0126. The van der Waals surface area contributed by atoms with Gasteiger partial charge in [0.2, 0.25) is 5.88 Å². The number of hydrogen-bond donors (Lipinski definition) is 1. The Balaban J connectivity index is 2.21. The molecule has 1 aromatic rings. The zero-order chi connectivity index (χ0) is 18.8. The standard InChI is InChI=1S/C19H19BrN2O4/c1-3-25-15-8-10(7-12(20)18(15)24-2)16-11(9-21)19(22)26-14-6-4-5-13(23)17(14)16/h7-8,16H,3-6,22H2,1-2H3/t16-/m1/s1. The molecule has 0 amide bonds. The van der Waals surface area contributed by atoms with Crippen molar-refractivity contribution in [1.29, 1.82) is 5.26 Å². The van der Waals surface area contributed by atoms with Crippen LogP contribution < -0.4 is 15.2 Å². The predicted octanol–water partition coefficient (Wildman–Crippen LogP) is 3.67. The largest absolute Gasteiger partial charge is 0.492 e. The Bertz CT molecular complexity index is 867. The maximum absolute atomic E-state index is 12.6. The van der Waals surface area contributed by atoms with Crippen LogP contribution in [0, 0.1) is 11.3 Å². The predicted molar refractivity (Wildman–Crippen MR) is 98.4 cm³/mol. The van der Waals surface area contributed by atoms with Gasteiger partial charge in [-0.3, -0.25) is 4.79 Å². The van der Waals surface area contributed by atoms with Gasteiger partial charge in [0.05, 0.1) is 24.1 Å². The second kappa shape index (κ2) is 7.42. The fraction of sp³-hybridized carbons (Fsp3) is 0.368. The lowest BCUT2D eigenvalue weighted by Gasteiger charge is -2.31. The third kappa shape index (κ3) is 3.06. The number of rotatable bonds is 4. The summed E-state index contributed by atoms with van der Waals surface area (Å²) in [6.07, 6.45) is 1.79. The first-order chi connectivity index (χ1) is 12.5. The van der Waals surface area contributed by atoms with Gasteiger partial charge < -0.3 is 19.9 Å². The third-order valence-electron chi connectivity index (χ3n) is 4.47. The molecule has 2 aliphatic rings. The summed E-state index contributed by atoms with van der Waals surface area (Å²) in [7, 11) is 1.56. The Kier molecular flexibility index (Phi) is 5.23. The van der Waals surface area contributed by atoms with E-state index in [0.717, 1.165) is 12.0 Å². The van der Waals surface area contributed by atoms with E-state index < -0.39 is 5.92 Å². The quantitative estimate of drug-likeness (QED) is 0.801. The van der Waals surface area contributed by atoms with Gasteiger partial charge in [-0.25, -0.2) is 0 Å².